The number of nitriles is 1. The first-order valence-corrected chi connectivity index (χ1v) is 9.85. The van der Waals surface area contributed by atoms with E-state index < -0.39 is 17.4 Å². The zero-order valence-corrected chi connectivity index (χ0v) is 17.0. The molecule has 0 spiro atoms. The first-order valence-electron chi connectivity index (χ1n) is 8.63. The normalized spacial score (nSPS) is 11.9. The molecule has 1 heterocycles. The van der Waals surface area contributed by atoms with Gasteiger partial charge in [-0.3, -0.25) is 5.14 Å². The number of aromatic nitrogens is 1. The van der Waals surface area contributed by atoms with Gasteiger partial charge in [-0.15, -0.1) is 0 Å². The molecule has 2 aromatic rings. The molecule has 0 saturated heterocycles. The van der Waals surface area contributed by atoms with Crippen LogP contribution in [0.1, 0.15) is 44.0 Å². The third kappa shape index (κ3) is 9.02. The average molecular weight is 410 g/mol. The molecule has 0 fully saturated rings. The number of pyridine rings is 1. The van der Waals surface area contributed by atoms with Crippen LogP contribution in [0.15, 0.2) is 42.6 Å². The van der Waals surface area contributed by atoms with E-state index in [2.05, 4.69) is 11.1 Å². The molecule has 0 aliphatic rings. The van der Waals surface area contributed by atoms with Crippen LogP contribution in [0.2, 0.25) is 0 Å². The monoisotopic (exact) mass is 409 g/mol. The maximum Gasteiger partial charge on any atom is 0.241 e. The maximum absolute atomic E-state index is 12.1. The van der Waals surface area contributed by atoms with E-state index in [1.165, 1.54) is 0 Å². The van der Waals surface area contributed by atoms with Gasteiger partial charge >= 0.3 is 0 Å². The Morgan fingerprint density at radius 1 is 1.29 bits per heavy atom. The third-order valence-electron chi connectivity index (χ3n) is 3.50. The van der Waals surface area contributed by atoms with Crippen molar-refractivity contribution in [3.63, 3.8) is 0 Å². The number of benzene rings is 1. The molecule has 0 aliphatic heterocycles. The fourth-order valence-corrected chi connectivity index (χ4v) is 1.91. The van der Waals surface area contributed by atoms with E-state index in [-0.39, 0.29) is 17.8 Å². The van der Waals surface area contributed by atoms with Crippen LogP contribution in [0.25, 0.3) is 0 Å². The summed E-state index contributed by atoms with van der Waals surface area (Å²) in [5.74, 6) is 0.551. The summed E-state index contributed by atoms with van der Waals surface area (Å²) < 4.78 is 39.5. The van der Waals surface area contributed by atoms with Crippen LogP contribution in [0.3, 0.4) is 0 Å². The Hall–Kier alpha value is -2.37. The Morgan fingerprint density at radius 3 is 2.54 bits per heavy atom. The molecule has 28 heavy (non-hydrogen) atoms. The molecule has 1 aromatic heterocycles. The van der Waals surface area contributed by atoms with E-state index in [0.717, 1.165) is 11.1 Å². The second-order valence-corrected chi connectivity index (χ2v) is 8.70. The highest BCUT2D eigenvalue weighted by atomic mass is 32.2. The number of ether oxygens (including phenoxy) is 1. The van der Waals surface area contributed by atoms with Gasteiger partial charge in [0, 0.05) is 19.0 Å². The molecule has 152 valence electrons. The van der Waals surface area contributed by atoms with Crippen LogP contribution in [-0.2, 0) is 17.4 Å². The van der Waals surface area contributed by atoms with E-state index in [4.69, 9.17) is 15.1 Å². The summed E-state index contributed by atoms with van der Waals surface area (Å²) in [5, 5.41) is 14.1. The first kappa shape index (κ1) is 23.7. The van der Waals surface area contributed by atoms with Gasteiger partial charge in [0.25, 0.3) is 0 Å². The molecule has 1 atom stereocenters. The van der Waals surface area contributed by atoms with Gasteiger partial charge in [0.2, 0.25) is 6.43 Å². The van der Waals surface area contributed by atoms with Crippen LogP contribution in [-0.4, -0.2) is 27.0 Å². The number of hydrogen-bond acceptors (Lipinski definition) is 4. The molecule has 8 heteroatoms. The lowest BCUT2D eigenvalue weighted by molar-refractivity contribution is 0.114. The van der Waals surface area contributed by atoms with E-state index in [0.29, 0.717) is 17.9 Å². The predicted octanol–water partition coefficient (Wildman–Crippen LogP) is 3.99. The van der Waals surface area contributed by atoms with Gasteiger partial charge in [0.05, 0.1) is 22.3 Å². The van der Waals surface area contributed by atoms with Crippen molar-refractivity contribution in [1.29, 1.82) is 5.26 Å². The SMILES string of the molecule is CC(C)(C)S(N)=O.N#Cc1ncccc1Cc1cccc(OCCC(F)F)c1. The van der Waals surface area contributed by atoms with Crippen LogP contribution < -0.4 is 9.88 Å². The zero-order chi connectivity index (χ0) is 21.2. The molecule has 1 unspecified atom stereocenters. The first-order chi connectivity index (χ1) is 13.1. The number of hydrogen-bond donors (Lipinski definition) is 1. The van der Waals surface area contributed by atoms with Crippen molar-refractivity contribution < 1.29 is 17.7 Å². The minimum atomic E-state index is -2.36. The van der Waals surface area contributed by atoms with Crippen LogP contribution in [0.5, 0.6) is 5.75 Å². The Kier molecular flexibility index (Phi) is 9.69. The van der Waals surface area contributed by atoms with Gasteiger partial charge in [-0.1, -0.05) is 18.2 Å². The van der Waals surface area contributed by atoms with Crippen molar-refractivity contribution in [2.45, 2.75) is 44.8 Å². The fraction of sp³-hybridized carbons (Fsp3) is 0.400. The highest BCUT2D eigenvalue weighted by Gasteiger charge is 2.14. The summed E-state index contributed by atoms with van der Waals surface area (Å²) in [6.45, 7) is 5.49. The highest BCUT2D eigenvalue weighted by molar-refractivity contribution is 7.84. The number of alkyl halides is 2. The third-order valence-corrected chi connectivity index (χ3v) is 4.71. The Labute approximate surface area is 167 Å². The Balaban J connectivity index is 0.000000480. The van der Waals surface area contributed by atoms with Gasteiger partial charge in [0.15, 0.2) is 0 Å². The molecule has 5 nitrogen and oxygen atoms in total. The molecule has 0 saturated carbocycles. The van der Waals surface area contributed by atoms with Crippen LogP contribution in [0, 0.1) is 11.3 Å². The molecule has 0 aliphatic carbocycles. The summed E-state index contributed by atoms with van der Waals surface area (Å²) in [5.41, 5.74) is 2.15. The lowest BCUT2D eigenvalue weighted by Gasteiger charge is -2.11. The summed E-state index contributed by atoms with van der Waals surface area (Å²) in [4.78, 5) is 4.01. The van der Waals surface area contributed by atoms with E-state index in [1.807, 2.05) is 32.9 Å². The smallest absolute Gasteiger partial charge is 0.241 e. The molecule has 1 aromatic carbocycles. The van der Waals surface area contributed by atoms with E-state index >= 15 is 0 Å². The molecule has 0 radical (unpaired) electrons. The van der Waals surface area contributed by atoms with Crippen molar-refractivity contribution in [3.05, 3.63) is 59.4 Å². The van der Waals surface area contributed by atoms with Gasteiger partial charge in [-0.05, 0) is 50.1 Å². The molecule has 0 amide bonds. The molecule has 2 N–H and O–H groups in total. The van der Waals surface area contributed by atoms with E-state index in [1.54, 1.807) is 30.5 Å². The van der Waals surface area contributed by atoms with Crippen LogP contribution in [0.4, 0.5) is 8.78 Å². The van der Waals surface area contributed by atoms with Gasteiger partial charge in [0.1, 0.15) is 17.5 Å². The minimum Gasteiger partial charge on any atom is -0.493 e. The summed E-state index contributed by atoms with van der Waals surface area (Å²) in [6, 6.07) is 12.9. The lowest BCUT2D eigenvalue weighted by atomic mass is 10.0. The second kappa shape index (κ2) is 11.5. The minimum absolute atomic E-state index is 0.0164. The Bertz CT molecular complexity index is 818. The van der Waals surface area contributed by atoms with E-state index in [9.17, 15) is 13.0 Å². The molecular formula is C20H25F2N3O2S. The molecular weight excluding hydrogens is 384 g/mol. The van der Waals surface area contributed by atoms with Crippen molar-refractivity contribution in [2.75, 3.05) is 6.61 Å². The number of nitrogens with zero attached hydrogens (tertiary/aromatic N) is 2. The van der Waals surface area contributed by atoms with Crippen molar-refractivity contribution in [2.24, 2.45) is 5.14 Å². The van der Waals surface area contributed by atoms with Gasteiger partial charge in [-0.25, -0.2) is 18.0 Å². The number of rotatable bonds is 6. The van der Waals surface area contributed by atoms with Gasteiger partial charge < -0.3 is 4.74 Å². The predicted molar refractivity (Wildman–Crippen MR) is 106 cm³/mol. The number of halogens is 2. The van der Waals surface area contributed by atoms with Crippen molar-refractivity contribution in [1.82, 2.24) is 4.98 Å². The standard InChI is InChI=1S/C16H14F2N2O.C4H11NOS/c17-16(18)6-8-21-14-5-1-3-12(10-14)9-13-4-2-7-20-15(13)11-19;1-4(2,3)7(5)6/h1-5,7,10,16H,6,8-9H2;5H2,1-3H3. The number of nitrogens with two attached hydrogens (primary N) is 1. The fourth-order valence-electron chi connectivity index (χ4n) is 1.91. The van der Waals surface area contributed by atoms with Crippen molar-refractivity contribution >= 4 is 11.0 Å². The van der Waals surface area contributed by atoms with Crippen LogP contribution >= 0.6 is 0 Å². The summed E-state index contributed by atoms with van der Waals surface area (Å²) >= 11 is 0. The highest BCUT2D eigenvalue weighted by Crippen LogP contribution is 2.18. The maximum atomic E-state index is 12.1. The Morgan fingerprint density at radius 2 is 1.96 bits per heavy atom. The lowest BCUT2D eigenvalue weighted by Crippen LogP contribution is -2.27. The summed E-state index contributed by atoms with van der Waals surface area (Å²) in [7, 11) is -1.18. The largest absolute Gasteiger partial charge is 0.493 e. The topological polar surface area (TPSA) is 89.0 Å². The zero-order valence-electron chi connectivity index (χ0n) is 16.2. The second-order valence-electron chi connectivity index (χ2n) is 6.89. The molecule has 2 rings (SSSR count). The summed E-state index contributed by atoms with van der Waals surface area (Å²) in [6.07, 6.45) is -0.526. The van der Waals surface area contributed by atoms with Gasteiger partial charge in [-0.2, -0.15) is 5.26 Å². The quantitative estimate of drug-likeness (QED) is 0.781. The van der Waals surface area contributed by atoms with Crippen molar-refractivity contribution in [3.8, 4) is 11.8 Å². The molecule has 0 bridgehead atoms. The average Bonchev–Trinajstić information content (AvgIpc) is 2.62.